The minimum absolute atomic E-state index is 0. The molecule has 0 aromatic carbocycles. The lowest BCUT2D eigenvalue weighted by Gasteiger charge is -2.44. The van der Waals surface area contributed by atoms with Crippen LogP contribution in [-0.2, 0) is 6.54 Å². The summed E-state index contributed by atoms with van der Waals surface area (Å²) in [7, 11) is 1.90. The predicted octanol–water partition coefficient (Wildman–Crippen LogP) is 2.91. The fraction of sp³-hybridized carbons (Fsp3) is 0.824. The largest absolute Gasteiger partial charge is 0.354 e. The van der Waals surface area contributed by atoms with Crippen molar-refractivity contribution in [2.24, 2.45) is 10.4 Å². The van der Waals surface area contributed by atoms with E-state index in [0.29, 0.717) is 5.41 Å². The second-order valence-corrected chi connectivity index (χ2v) is 7.07. The average molecular weight is 446 g/mol. The summed E-state index contributed by atoms with van der Waals surface area (Å²) >= 11 is 0. The second-order valence-electron chi connectivity index (χ2n) is 7.07. The van der Waals surface area contributed by atoms with Crippen molar-refractivity contribution in [1.82, 2.24) is 25.0 Å². The van der Waals surface area contributed by atoms with Gasteiger partial charge in [-0.15, -0.1) is 24.0 Å². The minimum atomic E-state index is 0. The summed E-state index contributed by atoms with van der Waals surface area (Å²) in [4.78, 5) is 11.0. The molecular formula is C17H31IN6. The first-order valence-corrected chi connectivity index (χ1v) is 9.09. The number of rotatable bonds is 3. The molecule has 2 aliphatic rings. The van der Waals surface area contributed by atoms with E-state index in [0.717, 1.165) is 25.6 Å². The van der Waals surface area contributed by atoms with Gasteiger partial charge in [-0.2, -0.15) is 5.10 Å². The zero-order chi connectivity index (χ0) is 16.0. The van der Waals surface area contributed by atoms with Crippen LogP contribution in [-0.4, -0.2) is 52.3 Å². The van der Waals surface area contributed by atoms with Gasteiger partial charge in [-0.3, -0.25) is 9.67 Å². The Labute approximate surface area is 162 Å². The van der Waals surface area contributed by atoms with Gasteiger partial charge in [-0.25, -0.2) is 4.98 Å². The molecule has 1 aromatic heterocycles. The topological polar surface area (TPSA) is 58.3 Å². The number of hydrogen-bond acceptors (Lipinski definition) is 3. The van der Waals surface area contributed by atoms with Gasteiger partial charge in [0, 0.05) is 26.7 Å². The van der Waals surface area contributed by atoms with Crippen LogP contribution in [0.2, 0.25) is 0 Å². The lowest BCUT2D eigenvalue weighted by atomic mass is 9.74. The molecule has 1 aromatic rings. The molecule has 1 saturated heterocycles. The van der Waals surface area contributed by atoms with E-state index in [2.05, 4.69) is 25.3 Å². The van der Waals surface area contributed by atoms with Crippen molar-refractivity contribution in [3.63, 3.8) is 0 Å². The maximum Gasteiger partial charge on any atom is 0.193 e. The van der Waals surface area contributed by atoms with E-state index in [1.807, 2.05) is 11.7 Å². The first-order chi connectivity index (χ1) is 11.3. The highest BCUT2D eigenvalue weighted by molar-refractivity contribution is 14.0. The van der Waals surface area contributed by atoms with Crippen LogP contribution in [0.5, 0.6) is 0 Å². The molecule has 0 atom stereocenters. The lowest BCUT2D eigenvalue weighted by Crippen LogP contribution is -2.51. The molecule has 1 saturated carbocycles. The van der Waals surface area contributed by atoms with Gasteiger partial charge in [-0.1, -0.05) is 25.7 Å². The number of aliphatic imine (C=N–C) groups is 1. The van der Waals surface area contributed by atoms with Crippen LogP contribution >= 0.6 is 24.0 Å². The van der Waals surface area contributed by atoms with Gasteiger partial charge in [0.2, 0.25) is 0 Å². The fourth-order valence-corrected chi connectivity index (χ4v) is 4.24. The molecule has 0 bridgehead atoms. The van der Waals surface area contributed by atoms with Crippen molar-refractivity contribution in [1.29, 1.82) is 0 Å². The number of aromatic nitrogens is 3. The lowest BCUT2D eigenvalue weighted by molar-refractivity contribution is 0.115. The number of guanidine groups is 1. The Morgan fingerprint density at radius 1 is 1.17 bits per heavy atom. The zero-order valence-electron chi connectivity index (χ0n) is 14.8. The van der Waals surface area contributed by atoms with Gasteiger partial charge < -0.3 is 10.2 Å². The summed E-state index contributed by atoms with van der Waals surface area (Å²) in [5.74, 6) is 1.05. The Morgan fingerprint density at radius 2 is 1.92 bits per heavy atom. The zero-order valence-corrected chi connectivity index (χ0v) is 17.1. The molecule has 0 amide bonds. The first kappa shape index (κ1) is 19.5. The van der Waals surface area contributed by atoms with E-state index in [1.54, 1.807) is 12.7 Å². The van der Waals surface area contributed by atoms with E-state index in [4.69, 9.17) is 0 Å². The SMILES string of the molecule is CN=C(NCCn1cncn1)N1CCCC2(CCCCCC2)C1.I. The van der Waals surface area contributed by atoms with Crippen LogP contribution in [0.4, 0.5) is 0 Å². The van der Waals surface area contributed by atoms with Crippen LogP contribution in [0.15, 0.2) is 17.6 Å². The number of nitrogens with zero attached hydrogens (tertiary/aromatic N) is 5. The normalized spacial score (nSPS) is 21.2. The fourth-order valence-electron chi connectivity index (χ4n) is 4.24. The molecular weight excluding hydrogens is 415 g/mol. The molecule has 1 N–H and O–H groups in total. The van der Waals surface area contributed by atoms with Crippen molar-refractivity contribution in [2.75, 3.05) is 26.7 Å². The number of piperidine rings is 1. The van der Waals surface area contributed by atoms with Crippen molar-refractivity contribution in [3.8, 4) is 0 Å². The molecule has 1 spiro atoms. The number of likely N-dealkylation sites (tertiary alicyclic amines) is 1. The number of nitrogens with one attached hydrogen (secondary N) is 1. The summed E-state index contributed by atoms with van der Waals surface area (Å²) in [6.45, 7) is 3.96. The van der Waals surface area contributed by atoms with Crippen molar-refractivity contribution < 1.29 is 0 Å². The molecule has 6 nitrogen and oxygen atoms in total. The molecule has 7 heteroatoms. The van der Waals surface area contributed by atoms with Crippen LogP contribution in [0.1, 0.15) is 51.4 Å². The van der Waals surface area contributed by atoms with Gasteiger partial charge in [0.25, 0.3) is 0 Å². The molecule has 0 unspecified atom stereocenters. The molecule has 0 radical (unpaired) electrons. The third-order valence-electron chi connectivity index (χ3n) is 5.43. The maximum atomic E-state index is 4.52. The van der Waals surface area contributed by atoms with Gasteiger partial charge in [-0.05, 0) is 31.1 Å². The van der Waals surface area contributed by atoms with E-state index < -0.39 is 0 Å². The van der Waals surface area contributed by atoms with E-state index >= 15 is 0 Å². The number of halogens is 1. The predicted molar refractivity (Wildman–Crippen MR) is 108 cm³/mol. The maximum absolute atomic E-state index is 4.52. The molecule has 2 fully saturated rings. The van der Waals surface area contributed by atoms with Gasteiger partial charge in [0.1, 0.15) is 12.7 Å². The van der Waals surface area contributed by atoms with Crippen molar-refractivity contribution >= 4 is 29.9 Å². The quantitative estimate of drug-likeness (QED) is 0.441. The van der Waals surface area contributed by atoms with Crippen LogP contribution in [0.3, 0.4) is 0 Å². The molecule has 1 aliphatic carbocycles. The second kappa shape index (κ2) is 9.58. The third kappa shape index (κ3) is 5.07. The summed E-state index contributed by atoms with van der Waals surface area (Å²) in [5.41, 5.74) is 0.540. The average Bonchev–Trinajstić information content (AvgIpc) is 2.99. The van der Waals surface area contributed by atoms with E-state index in [-0.39, 0.29) is 24.0 Å². The number of hydrogen-bond donors (Lipinski definition) is 1. The molecule has 1 aliphatic heterocycles. The first-order valence-electron chi connectivity index (χ1n) is 9.09. The molecule has 24 heavy (non-hydrogen) atoms. The standard InChI is InChI=1S/C17H30N6.HI/c1-18-16(20-10-12-23-15-19-14-21-23)22-11-6-9-17(13-22)7-4-2-3-5-8-17;/h14-15H,2-13H2,1H3,(H,18,20);1H. The van der Waals surface area contributed by atoms with Crippen molar-refractivity contribution in [3.05, 3.63) is 12.7 Å². The van der Waals surface area contributed by atoms with Gasteiger partial charge >= 0.3 is 0 Å². The Hall–Kier alpha value is -0.860. The molecule has 136 valence electrons. The van der Waals surface area contributed by atoms with Crippen LogP contribution in [0, 0.1) is 5.41 Å². The van der Waals surface area contributed by atoms with E-state index in [1.165, 1.54) is 57.9 Å². The Kier molecular flexibility index (Phi) is 7.77. The van der Waals surface area contributed by atoms with Crippen LogP contribution < -0.4 is 5.32 Å². The molecule has 3 rings (SSSR count). The summed E-state index contributed by atoms with van der Waals surface area (Å²) < 4.78 is 1.85. The Balaban J connectivity index is 0.00000208. The van der Waals surface area contributed by atoms with Crippen molar-refractivity contribution in [2.45, 2.75) is 57.9 Å². The van der Waals surface area contributed by atoms with Gasteiger partial charge in [0.15, 0.2) is 5.96 Å². The highest BCUT2D eigenvalue weighted by Gasteiger charge is 2.36. The van der Waals surface area contributed by atoms with E-state index in [9.17, 15) is 0 Å². The summed E-state index contributed by atoms with van der Waals surface area (Å²) in [5, 5.41) is 7.64. The Morgan fingerprint density at radius 3 is 2.58 bits per heavy atom. The smallest absolute Gasteiger partial charge is 0.193 e. The summed E-state index contributed by atoms with van der Waals surface area (Å²) in [6.07, 6.45) is 14.5. The van der Waals surface area contributed by atoms with Crippen LogP contribution in [0.25, 0.3) is 0 Å². The Bertz CT molecular complexity index is 493. The highest BCUT2D eigenvalue weighted by Crippen LogP contribution is 2.42. The minimum Gasteiger partial charge on any atom is -0.354 e. The highest BCUT2D eigenvalue weighted by atomic mass is 127. The summed E-state index contributed by atoms with van der Waals surface area (Å²) in [6, 6.07) is 0. The molecule has 2 heterocycles. The monoisotopic (exact) mass is 446 g/mol. The third-order valence-corrected chi connectivity index (χ3v) is 5.43. The van der Waals surface area contributed by atoms with Gasteiger partial charge in [0.05, 0.1) is 6.54 Å².